The third-order valence-corrected chi connectivity index (χ3v) is 7.09. The highest BCUT2D eigenvalue weighted by atomic mass is 16.5. The van der Waals surface area contributed by atoms with Crippen molar-refractivity contribution in [2.45, 2.75) is 37.6 Å². The summed E-state index contributed by atoms with van der Waals surface area (Å²) in [6.07, 6.45) is 3.56. The van der Waals surface area contributed by atoms with Crippen LogP contribution < -0.4 is 5.32 Å². The second-order valence-corrected chi connectivity index (χ2v) is 8.29. The zero-order valence-corrected chi connectivity index (χ0v) is 16.9. The van der Waals surface area contributed by atoms with Crippen LogP contribution in [-0.2, 0) is 19.7 Å². The number of hydrogen-bond donors (Lipinski definition) is 3. The number of Topliss-reactive ketones (excluding diaryl/α,β-unsaturated/α-hetero) is 1. The minimum absolute atomic E-state index is 0.0824. The Balaban J connectivity index is 1.77. The number of aliphatic hydroxyl groups excluding tert-OH is 1. The lowest BCUT2D eigenvalue weighted by atomic mass is 9.67. The molecule has 1 aromatic carbocycles. The number of aliphatic hydroxyl groups is 1. The first kappa shape index (κ1) is 19.9. The molecule has 3 aliphatic rings. The maximum Gasteiger partial charge on any atom is 0.236 e. The smallest absolute Gasteiger partial charge is 0.236 e. The van der Waals surface area contributed by atoms with Crippen molar-refractivity contribution in [2.24, 2.45) is 11.8 Å². The number of carbonyl (C=O) groups is 2. The van der Waals surface area contributed by atoms with Crippen molar-refractivity contribution < 1.29 is 24.5 Å². The minimum atomic E-state index is -0.821. The first-order valence-electron chi connectivity index (χ1n) is 10.2. The van der Waals surface area contributed by atoms with E-state index < -0.39 is 12.0 Å². The summed E-state index contributed by atoms with van der Waals surface area (Å²) in [5, 5.41) is 23.0. The van der Waals surface area contributed by atoms with E-state index in [1.807, 2.05) is 6.07 Å². The van der Waals surface area contributed by atoms with Gasteiger partial charge in [0, 0.05) is 29.4 Å². The monoisotopic (exact) mass is 400 g/mol. The number of hydrogen-bond acceptors (Lipinski definition) is 6. The molecule has 1 amide bonds. The van der Waals surface area contributed by atoms with Crippen molar-refractivity contribution in [3.05, 3.63) is 35.6 Å². The van der Waals surface area contributed by atoms with Gasteiger partial charge in [-0.15, -0.1) is 0 Å². The van der Waals surface area contributed by atoms with Crippen molar-refractivity contribution in [1.29, 1.82) is 0 Å². The number of fused-ring (bicyclic) bond motifs is 4. The number of ether oxygens (including phenoxy) is 1. The topological polar surface area (TPSA) is 99.1 Å². The Hall–Kier alpha value is -2.38. The Kier molecular flexibility index (Phi) is 5.12. The summed E-state index contributed by atoms with van der Waals surface area (Å²) in [7, 11) is 1.50. The van der Waals surface area contributed by atoms with Gasteiger partial charge in [0.1, 0.15) is 12.4 Å². The molecule has 3 heterocycles. The first-order chi connectivity index (χ1) is 14.0. The van der Waals surface area contributed by atoms with Crippen molar-refractivity contribution in [1.82, 2.24) is 4.90 Å². The van der Waals surface area contributed by atoms with E-state index in [1.54, 1.807) is 12.1 Å². The molecule has 0 aromatic heterocycles. The molecule has 1 aromatic rings. The van der Waals surface area contributed by atoms with Gasteiger partial charge in [0.2, 0.25) is 5.91 Å². The van der Waals surface area contributed by atoms with Crippen molar-refractivity contribution in [2.75, 3.05) is 32.1 Å². The average Bonchev–Trinajstić information content (AvgIpc) is 3.24. The number of amides is 1. The number of nitrogens with zero attached hydrogens (tertiary/aromatic N) is 1. The van der Waals surface area contributed by atoms with E-state index in [2.05, 4.69) is 17.1 Å². The molecule has 2 saturated heterocycles. The van der Waals surface area contributed by atoms with Gasteiger partial charge in [-0.1, -0.05) is 19.4 Å². The lowest BCUT2D eigenvalue weighted by Gasteiger charge is -2.45. The third kappa shape index (κ3) is 2.87. The van der Waals surface area contributed by atoms with E-state index in [0.717, 1.165) is 19.5 Å². The third-order valence-electron chi connectivity index (χ3n) is 7.09. The summed E-state index contributed by atoms with van der Waals surface area (Å²) in [4.78, 5) is 28.0. The fourth-order valence-electron chi connectivity index (χ4n) is 5.77. The highest BCUT2D eigenvalue weighted by Gasteiger charge is 2.61. The van der Waals surface area contributed by atoms with Crippen molar-refractivity contribution in [3.63, 3.8) is 0 Å². The van der Waals surface area contributed by atoms with Gasteiger partial charge in [0.05, 0.1) is 18.8 Å². The summed E-state index contributed by atoms with van der Waals surface area (Å²) >= 11 is 0. The highest BCUT2D eigenvalue weighted by molar-refractivity contribution is 6.08. The van der Waals surface area contributed by atoms with Gasteiger partial charge < -0.3 is 20.3 Å². The van der Waals surface area contributed by atoms with Crippen LogP contribution in [0.2, 0.25) is 0 Å². The van der Waals surface area contributed by atoms with E-state index in [9.17, 15) is 19.8 Å². The van der Waals surface area contributed by atoms with Gasteiger partial charge in [0.15, 0.2) is 5.78 Å². The van der Waals surface area contributed by atoms with Crippen LogP contribution in [0.5, 0.6) is 5.75 Å². The number of nitrogens with one attached hydrogen (secondary N) is 1. The van der Waals surface area contributed by atoms with Crippen LogP contribution in [0.4, 0.5) is 5.69 Å². The number of rotatable bonds is 5. The average molecular weight is 400 g/mol. The Labute approximate surface area is 170 Å². The number of ketones is 1. The SMILES string of the molecule is CC[C@@H]1CN2CC[C@@]3(C(=O)Nc4cccc(O)c43)[C@H]2C[C@@H]1C(=COC)C(=O)CO. The molecule has 0 bridgehead atoms. The molecule has 3 N–H and O–H groups in total. The predicted molar refractivity (Wildman–Crippen MR) is 107 cm³/mol. The zero-order valence-electron chi connectivity index (χ0n) is 16.9. The van der Waals surface area contributed by atoms with E-state index in [1.165, 1.54) is 13.4 Å². The maximum atomic E-state index is 13.2. The number of methoxy groups -OCH3 is 1. The number of piperidine rings is 1. The molecule has 0 saturated carbocycles. The predicted octanol–water partition coefficient (Wildman–Crippen LogP) is 1.79. The fraction of sp³-hybridized carbons (Fsp3) is 0.545. The van der Waals surface area contributed by atoms with Crippen LogP contribution >= 0.6 is 0 Å². The normalized spacial score (nSPS) is 31.5. The second-order valence-electron chi connectivity index (χ2n) is 8.29. The summed E-state index contributed by atoms with van der Waals surface area (Å²) in [6.45, 7) is 3.07. The number of carbonyl (C=O) groups excluding carboxylic acids is 2. The first-order valence-corrected chi connectivity index (χ1v) is 10.2. The summed E-state index contributed by atoms with van der Waals surface area (Å²) in [6, 6.07) is 5.06. The molecule has 0 aliphatic carbocycles. The summed E-state index contributed by atoms with van der Waals surface area (Å²) in [5.74, 6) is -0.169. The number of aromatic hydroxyl groups is 1. The lowest BCUT2D eigenvalue weighted by Crippen LogP contribution is -2.53. The number of benzene rings is 1. The highest BCUT2D eigenvalue weighted by Crippen LogP contribution is 2.55. The van der Waals surface area contributed by atoms with Crippen LogP contribution in [0.1, 0.15) is 31.7 Å². The van der Waals surface area contributed by atoms with E-state index in [0.29, 0.717) is 29.7 Å². The molecule has 0 unspecified atom stereocenters. The van der Waals surface area contributed by atoms with Crippen LogP contribution in [0.3, 0.4) is 0 Å². The molecule has 4 atom stereocenters. The van der Waals surface area contributed by atoms with Crippen LogP contribution in [0, 0.1) is 11.8 Å². The van der Waals surface area contributed by atoms with Gasteiger partial charge in [-0.3, -0.25) is 14.5 Å². The molecule has 4 rings (SSSR count). The Morgan fingerprint density at radius 2 is 2.24 bits per heavy atom. The number of phenols is 1. The Bertz CT molecular complexity index is 867. The quantitative estimate of drug-likeness (QED) is 0.515. The Morgan fingerprint density at radius 3 is 2.93 bits per heavy atom. The van der Waals surface area contributed by atoms with Gasteiger partial charge >= 0.3 is 0 Å². The minimum Gasteiger partial charge on any atom is -0.508 e. The van der Waals surface area contributed by atoms with Crippen molar-refractivity contribution in [3.8, 4) is 5.75 Å². The second kappa shape index (κ2) is 7.46. The van der Waals surface area contributed by atoms with Crippen LogP contribution in [0.15, 0.2) is 30.0 Å². The van der Waals surface area contributed by atoms with Gasteiger partial charge in [0.25, 0.3) is 0 Å². The van der Waals surface area contributed by atoms with E-state index >= 15 is 0 Å². The van der Waals surface area contributed by atoms with Gasteiger partial charge in [-0.25, -0.2) is 0 Å². The molecule has 7 heteroatoms. The Morgan fingerprint density at radius 1 is 1.45 bits per heavy atom. The van der Waals surface area contributed by atoms with Crippen LogP contribution in [-0.4, -0.2) is 59.7 Å². The molecule has 156 valence electrons. The molecule has 29 heavy (non-hydrogen) atoms. The molecule has 1 spiro atoms. The lowest BCUT2D eigenvalue weighted by molar-refractivity contribution is -0.122. The molecule has 2 fully saturated rings. The molecular formula is C22H28N2O5. The molecule has 3 aliphatic heterocycles. The fourth-order valence-corrected chi connectivity index (χ4v) is 5.77. The maximum absolute atomic E-state index is 13.2. The summed E-state index contributed by atoms with van der Waals surface area (Å²) in [5.41, 5.74) is 1.01. The largest absolute Gasteiger partial charge is 0.508 e. The standard InChI is InChI=1S/C22H28N2O5/c1-3-13-10-24-8-7-22(20-16(23-21(22)28)5-4-6-17(20)26)19(24)9-14(13)15(12-29-2)18(27)11-25/h4-6,12-14,19,25-26H,3,7-11H2,1-2H3,(H,23,28)/t13-,14+,19-,22-/m1/s1. The van der Waals surface area contributed by atoms with Crippen molar-refractivity contribution >= 4 is 17.4 Å². The van der Waals surface area contributed by atoms with Crippen LogP contribution in [0.25, 0.3) is 0 Å². The number of anilines is 1. The summed E-state index contributed by atoms with van der Waals surface area (Å²) < 4.78 is 5.17. The van der Waals surface area contributed by atoms with Gasteiger partial charge in [-0.2, -0.15) is 0 Å². The van der Waals surface area contributed by atoms with E-state index in [4.69, 9.17) is 4.74 Å². The van der Waals surface area contributed by atoms with Gasteiger partial charge in [-0.05, 0) is 43.4 Å². The zero-order chi connectivity index (χ0) is 20.8. The molecule has 7 nitrogen and oxygen atoms in total. The molecule has 0 radical (unpaired) electrons. The molecular weight excluding hydrogens is 372 g/mol. The number of phenolic OH excluding ortho intramolecular Hbond substituents is 1. The van der Waals surface area contributed by atoms with E-state index in [-0.39, 0.29) is 35.3 Å².